The molecule has 0 radical (unpaired) electrons. The fourth-order valence-electron chi connectivity index (χ4n) is 5.34. The van der Waals surface area contributed by atoms with E-state index in [9.17, 15) is 19.7 Å². The highest BCUT2D eigenvalue weighted by Gasteiger charge is 2.49. The molecule has 11 heteroatoms. The number of aromatic nitrogens is 4. The first-order valence-corrected chi connectivity index (χ1v) is 10.8. The van der Waals surface area contributed by atoms with E-state index in [1.165, 1.54) is 17.0 Å². The van der Waals surface area contributed by atoms with Gasteiger partial charge in [-0.2, -0.15) is 9.97 Å². The maximum atomic E-state index is 14.2. The summed E-state index contributed by atoms with van der Waals surface area (Å²) in [6.07, 6.45) is -1.43. The molecule has 2 saturated heterocycles. The second-order valence-corrected chi connectivity index (χ2v) is 9.29. The standard InChI is InChI=1S/C21H21ClFN5O4/c22-20-25-17(27-7-21(8-27)4-10-2-1-3-12(23)11(10)5-21)14-18(26-20)28(9-24-14)19-16(31)15(30)13(6-29)32-19/h1-3,9,13,15-16,19,29-31H,4-8H2/t13-,15?,16+,19-/m1/s1. The van der Waals surface area contributed by atoms with Gasteiger partial charge in [-0.15, -0.1) is 0 Å². The molecule has 1 aromatic carbocycles. The lowest BCUT2D eigenvalue weighted by molar-refractivity contribution is -0.0511. The second kappa shape index (κ2) is 7.06. The first-order valence-electron chi connectivity index (χ1n) is 10.4. The fourth-order valence-corrected chi connectivity index (χ4v) is 5.50. The number of aliphatic hydroxyl groups excluding tert-OH is 3. The van der Waals surface area contributed by atoms with Gasteiger partial charge in [0.1, 0.15) is 24.1 Å². The van der Waals surface area contributed by atoms with Gasteiger partial charge in [0.25, 0.3) is 0 Å². The average molecular weight is 462 g/mol. The topological polar surface area (TPSA) is 117 Å². The van der Waals surface area contributed by atoms with Crippen LogP contribution in [0.1, 0.15) is 17.4 Å². The Morgan fingerprint density at radius 2 is 2.00 bits per heavy atom. The van der Waals surface area contributed by atoms with Crippen LogP contribution in [0.3, 0.4) is 0 Å². The van der Waals surface area contributed by atoms with Crippen LogP contribution in [-0.2, 0) is 17.6 Å². The summed E-state index contributed by atoms with van der Waals surface area (Å²) in [4.78, 5) is 15.1. The molecule has 168 valence electrons. The van der Waals surface area contributed by atoms with Crippen LogP contribution in [0, 0.1) is 11.2 Å². The summed E-state index contributed by atoms with van der Waals surface area (Å²) in [5, 5.41) is 29.9. The lowest BCUT2D eigenvalue weighted by Crippen LogP contribution is -2.57. The lowest BCUT2D eigenvalue weighted by atomic mass is 9.77. The monoisotopic (exact) mass is 461 g/mol. The van der Waals surface area contributed by atoms with Gasteiger partial charge in [0.15, 0.2) is 23.2 Å². The Balaban J connectivity index is 1.30. The molecule has 0 bridgehead atoms. The van der Waals surface area contributed by atoms with E-state index < -0.39 is 31.1 Å². The molecule has 0 amide bonds. The molecule has 6 rings (SSSR count). The van der Waals surface area contributed by atoms with E-state index in [1.54, 1.807) is 6.07 Å². The molecule has 1 spiro atoms. The molecule has 1 aliphatic carbocycles. The maximum absolute atomic E-state index is 14.2. The second-order valence-electron chi connectivity index (χ2n) is 8.96. The van der Waals surface area contributed by atoms with Crippen LogP contribution in [-0.4, -0.2) is 72.8 Å². The molecular weight excluding hydrogens is 441 g/mol. The van der Waals surface area contributed by atoms with Crippen molar-refractivity contribution in [1.29, 1.82) is 0 Å². The van der Waals surface area contributed by atoms with Crippen molar-refractivity contribution >= 4 is 28.6 Å². The van der Waals surface area contributed by atoms with Gasteiger partial charge >= 0.3 is 0 Å². The number of aliphatic hydroxyl groups is 3. The van der Waals surface area contributed by atoms with Crippen molar-refractivity contribution in [2.24, 2.45) is 5.41 Å². The lowest BCUT2D eigenvalue weighted by Gasteiger charge is -2.49. The quantitative estimate of drug-likeness (QED) is 0.491. The molecule has 3 aliphatic rings. The van der Waals surface area contributed by atoms with E-state index in [0.717, 1.165) is 17.5 Å². The number of benzene rings is 1. The van der Waals surface area contributed by atoms with Gasteiger partial charge in [0, 0.05) is 18.5 Å². The van der Waals surface area contributed by atoms with Crippen molar-refractivity contribution in [3.05, 3.63) is 46.8 Å². The van der Waals surface area contributed by atoms with Crippen LogP contribution in [0.15, 0.2) is 24.5 Å². The number of imidazole rings is 1. The van der Waals surface area contributed by atoms with Gasteiger partial charge in [-0.25, -0.2) is 9.37 Å². The minimum Gasteiger partial charge on any atom is -0.394 e. The van der Waals surface area contributed by atoms with Gasteiger partial charge in [-0.1, -0.05) is 12.1 Å². The van der Waals surface area contributed by atoms with Gasteiger partial charge in [0.05, 0.1) is 12.9 Å². The Hall–Kier alpha value is -2.37. The predicted molar refractivity (Wildman–Crippen MR) is 112 cm³/mol. The van der Waals surface area contributed by atoms with Gasteiger partial charge < -0.3 is 25.0 Å². The highest BCUT2D eigenvalue weighted by Crippen LogP contribution is 2.47. The van der Waals surface area contributed by atoms with E-state index in [0.29, 0.717) is 36.5 Å². The Morgan fingerprint density at radius 3 is 2.72 bits per heavy atom. The summed E-state index contributed by atoms with van der Waals surface area (Å²) < 4.78 is 21.3. The number of hydrogen-bond acceptors (Lipinski definition) is 8. The average Bonchev–Trinajstić information content (AvgIpc) is 3.42. The smallest absolute Gasteiger partial charge is 0.226 e. The minimum absolute atomic E-state index is 0.0164. The summed E-state index contributed by atoms with van der Waals surface area (Å²) in [6, 6.07) is 5.24. The molecular formula is C21H21ClFN5O4. The van der Waals surface area contributed by atoms with Crippen LogP contribution in [0.5, 0.6) is 0 Å². The fraction of sp³-hybridized carbons (Fsp3) is 0.476. The molecule has 0 saturated carbocycles. The maximum Gasteiger partial charge on any atom is 0.226 e. The zero-order chi connectivity index (χ0) is 22.2. The molecule has 1 unspecified atom stereocenters. The zero-order valence-electron chi connectivity index (χ0n) is 16.9. The van der Waals surface area contributed by atoms with Crippen molar-refractivity contribution in [2.75, 3.05) is 24.6 Å². The van der Waals surface area contributed by atoms with E-state index in [1.807, 2.05) is 11.0 Å². The van der Waals surface area contributed by atoms with Crippen molar-refractivity contribution < 1.29 is 24.4 Å². The molecule has 32 heavy (non-hydrogen) atoms. The number of halogens is 2. The van der Waals surface area contributed by atoms with E-state index in [-0.39, 0.29) is 16.5 Å². The van der Waals surface area contributed by atoms with Crippen molar-refractivity contribution in [3.63, 3.8) is 0 Å². The van der Waals surface area contributed by atoms with Crippen LogP contribution in [0.25, 0.3) is 11.2 Å². The summed E-state index contributed by atoms with van der Waals surface area (Å²) in [6.45, 7) is 0.940. The Bertz CT molecular complexity index is 1220. The number of fused-ring (bicyclic) bond motifs is 2. The molecule has 2 aromatic heterocycles. The SMILES string of the molecule is OC[C@H]1O[C@@H](n2cnc3c(N4CC5(Cc6cccc(F)c6C5)C4)nc(Cl)nc32)[C@@H](O)C1O. The molecule has 4 atom stereocenters. The summed E-state index contributed by atoms with van der Waals surface area (Å²) in [5.41, 5.74) is 2.66. The van der Waals surface area contributed by atoms with Crippen LogP contribution in [0.4, 0.5) is 10.2 Å². The van der Waals surface area contributed by atoms with E-state index in [2.05, 4.69) is 15.0 Å². The largest absolute Gasteiger partial charge is 0.394 e. The molecule has 9 nitrogen and oxygen atoms in total. The summed E-state index contributed by atoms with van der Waals surface area (Å²) in [7, 11) is 0. The highest BCUT2D eigenvalue weighted by atomic mass is 35.5. The third-order valence-electron chi connectivity index (χ3n) is 6.85. The Kier molecular flexibility index (Phi) is 4.47. The molecule has 3 N–H and O–H groups in total. The first kappa shape index (κ1) is 20.3. The molecule has 3 aromatic rings. The number of nitrogens with zero attached hydrogens (tertiary/aromatic N) is 5. The third kappa shape index (κ3) is 2.87. The third-order valence-corrected chi connectivity index (χ3v) is 7.02. The normalized spacial score (nSPS) is 28.5. The van der Waals surface area contributed by atoms with Gasteiger partial charge in [-0.05, 0) is 41.6 Å². The van der Waals surface area contributed by atoms with E-state index in [4.69, 9.17) is 16.3 Å². The van der Waals surface area contributed by atoms with Gasteiger partial charge in [-0.3, -0.25) is 4.57 Å². The number of hydrogen-bond donors (Lipinski definition) is 3. The minimum atomic E-state index is -1.26. The Labute approximate surface area is 187 Å². The van der Waals surface area contributed by atoms with Gasteiger partial charge in [0.2, 0.25) is 5.28 Å². The van der Waals surface area contributed by atoms with E-state index >= 15 is 0 Å². The molecule has 4 heterocycles. The predicted octanol–water partition coefficient (Wildman–Crippen LogP) is 0.835. The first-order chi connectivity index (χ1) is 15.4. The zero-order valence-corrected chi connectivity index (χ0v) is 17.7. The van der Waals surface area contributed by atoms with Crippen LogP contribution >= 0.6 is 11.6 Å². The summed E-state index contributed by atoms with van der Waals surface area (Å²) >= 11 is 6.22. The molecule has 2 fully saturated rings. The van der Waals surface area contributed by atoms with Crippen LogP contribution < -0.4 is 4.90 Å². The Morgan fingerprint density at radius 1 is 1.19 bits per heavy atom. The molecule has 2 aliphatic heterocycles. The van der Waals surface area contributed by atoms with Crippen molar-refractivity contribution in [3.8, 4) is 0 Å². The van der Waals surface area contributed by atoms with Crippen molar-refractivity contribution in [1.82, 2.24) is 19.5 Å². The van der Waals surface area contributed by atoms with Crippen LogP contribution in [0.2, 0.25) is 5.28 Å². The highest BCUT2D eigenvalue weighted by molar-refractivity contribution is 6.28. The number of rotatable bonds is 3. The van der Waals surface area contributed by atoms with Crippen molar-refractivity contribution in [2.45, 2.75) is 37.4 Å². The summed E-state index contributed by atoms with van der Waals surface area (Å²) in [5.74, 6) is 0.412. The number of anilines is 1. The number of ether oxygens (including phenoxy) is 1.